The van der Waals surface area contributed by atoms with Crippen molar-refractivity contribution < 1.29 is 4.79 Å². The Hall–Kier alpha value is -2.12. The fourth-order valence-electron chi connectivity index (χ4n) is 3.21. The van der Waals surface area contributed by atoms with Crippen LogP contribution in [-0.4, -0.2) is 55.7 Å². The van der Waals surface area contributed by atoms with E-state index >= 15 is 0 Å². The summed E-state index contributed by atoms with van der Waals surface area (Å²) < 4.78 is 1.09. The van der Waals surface area contributed by atoms with Gasteiger partial charge in [-0.05, 0) is 55.3 Å². The van der Waals surface area contributed by atoms with Crippen LogP contribution in [0, 0.1) is 0 Å². The van der Waals surface area contributed by atoms with Gasteiger partial charge in [0.05, 0.1) is 0 Å². The van der Waals surface area contributed by atoms with Crippen molar-refractivity contribution in [2.45, 2.75) is 19.4 Å². The molecule has 3 rings (SSSR count). The largest absolute Gasteiger partial charge is 0.354 e. The van der Waals surface area contributed by atoms with Gasteiger partial charge in [-0.1, -0.05) is 28.1 Å². The molecule has 6 nitrogen and oxygen atoms in total. The average molecular weight is 446 g/mol. The van der Waals surface area contributed by atoms with Gasteiger partial charge in [-0.25, -0.2) is 9.78 Å². The molecular weight excluding hydrogens is 418 g/mol. The molecule has 2 aromatic rings. The zero-order chi connectivity index (χ0) is 19.8. The summed E-state index contributed by atoms with van der Waals surface area (Å²) in [4.78, 5) is 21.1. The number of carbonyl (C=O) groups is 1. The number of anilines is 1. The average Bonchev–Trinajstić information content (AvgIpc) is 2.70. The summed E-state index contributed by atoms with van der Waals surface area (Å²) in [5.74, 6) is 0.988. The Kier molecular flexibility index (Phi) is 7.68. The van der Waals surface area contributed by atoms with Gasteiger partial charge >= 0.3 is 6.03 Å². The number of hydrogen-bond acceptors (Lipinski definition) is 4. The van der Waals surface area contributed by atoms with Gasteiger partial charge in [0.2, 0.25) is 0 Å². The first kappa shape index (κ1) is 20.6. The summed E-state index contributed by atoms with van der Waals surface area (Å²) in [7, 11) is 2.14. The highest BCUT2D eigenvalue weighted by Crippen LogP contribution is 2.15. The molecule has 0 aliphatic carbocycles. The van der Waals surface area contributed by atoms with Crippen LogP contribution in [0.2, 0.25) is 0 Å². The number of hydrogen-bond donors (Lipinski definition) is 2. The Bertz CT molecular complexity index is 777. The highest BCUT2D eigenvalue weighted by molar-refractivity contribution is 9.10. The van der Waals surface area contributed by atoms with Crippen LogP contribution in [-0.2, 0) is 13.0 Å². The summed E-state index contributed by atoms with van der Waals surface area (Å²) in [5.41, 5.74) is 2.33. The summed E-state index contributed by atoms with van der Waals surface area (Å²) in [6.07, 6.45) is 3.67. The monoisotopic (exact) mass is 445 g/mol. The Balaban J connectivity index is 1.38. The maximum absolute atomic E-state index is 12.0. The SMILES string of the molecule is CN1CCN(c2cc(CNC(=O)NCCCc3cccc(Br)c3)ccn2)CC1. The van der Waals surface area contributed by atoms with E-state index in [2.05, 4.69) is 66.6 Å². The Morgan fingerprint density at radius 2 is 1.93 bits per heavy atom. The van der Waals surface area contributed by atoms with Crippen LogP contribution < -0.4 is 15.5 Å². The molecule has 1 aliphatic heterocycles. The molecule has 1 aromatic heterocycles. The van der Waals surface area contributed by atoms with E-state index in [4.69, 9.17) is 0 Å². The van der Waals surface area contributed by atoms with E-state index in [0.717, 1.165) is 54.9 Å². The standard InChI is InChI=1S/C21H28BrN5O/c1-26-10-12-27(13-11-26)20-15-18(7-9-23-20)16-25-21(28)24-8-3-5-17-4-2-6-19(22)14-17/h2,4,6-7,9,14-15H,3,5,8,10-13,16H2,1H3,(H2,24,25,28). The molecule has 1 aliphatic rings. The normalized spacial score (nSPS) is 14.7. The molecule has 150 valence electrons. The quantitative estimate of drug-likeness (QED) is 0.642. The number of aryl methyl sites for hydroxylation is 1. The number of halogens is 1. The number of nitrogens with one attached hydrogen (secondary N) is 2. The van der Waals surface area contributed by atoms with Crippen LogP contribution in [0.25, 0.3) is 0 Å². The maximum Gasteiger partial charge on any atom is 0.315 e. The summed E-state index contributed by atoms with van der Waals surface area (Å²) in [5, 5.41) is 5.86. The molecule has 0 spiro atoms. The van der Waals surface area contributed by atoms with Crippen molar-refractivity contribution >= 4 is 27.8 Å². The molecule has 0 radical (unpaired) electrons. The van der Waals surface area contributed by atoms with Crippen LogP contribution in [0.1, 0.15) is 17.5 Å². The van der Waals surface area contributed by atoms with Gasteiger partial charge in [0.15, 0.2) is 0 Å². The minimum atomic E-state index is -0.132. The number of aromatic nitrogens is 1. The first-order valence-corrected chi connectivity index (χ1v) is 10.5. The second-order valence-electron chi connectivity index (χ2n) is 7.16. The predicted molar refractivity (Wildman–Crippen MR) is 117 cm³/mol. The van der Waals surface area contributed by atoms with Gasteiger partial charge in [-0.3, -0.25) is 0 Å². The zero-order valence-electron chi connectivity index (χ0n) is 16.3. The van der Waals surface area contributed by atoms with Crippen molar-refractivity contribution in [2.75, 3.05) is 44.7 Å². The van der Waals surface area contributed by atoms with Crippen LogP contribution in [0.4, 0.5) is 10.6 Å². The lowest BCUT2D eigenvalue weighted by Gasteiger charge is -2.33. The molecular formula is C21H28BrN5O. The second kappa shape index (κ2) is 10.4. The van der Waals surface area contributed by atoms with Crippen LogP contribution in [0.5, 0.6) is 0 Å². The number of nitrogens with zero attached hydrogens (tertiary/aromatic N) is 3. The van der Waals surface area contributed by atoms with Crippen molar-refractivity contribution in [1.29, 1.82) is 0 Å². The van der Waals surface area contributed by atoms with Crippen LogP contribution in [0.3, 0.4) is 0 Å². The van der Waals surface area contributed by atoms with E-state index in [1.54, 1.807) is 0 Å². The number of urea groups is 1. The molecule has 2 N–H and O–H groups in total. The number of piperazine rings is 1. The Morgan fingerprint density at radius 3 is 2.71 bits per heavy atom. The van der Waals surface area contributed by atoms with Crippen molar-refractivity contribution in [3.05, 3.63) is 58.2 Å². The molecule has 0 bridgehead atoms. The molecule has 7 heteroatoms. The summed E-state index contributed by atoms with van der Waals surface area (Å²) in [6.45, 7) is 5.22. The van der Waals surface area contributed by atoms with E-state index < -0.39 is 0 Å². The van der Waals surface area contributed by atoms with Crippen molar-refractivity contribution in [2.24, 2.45) is 0 Å². The molecule has 1 aromatic carbocycles. The van der Waals surface area contributed by atoms with E-state index in [-0.39, 0.29) is 6.03 Å². The van der Waals surface area contributed by atoms with Gasteiger partial charge in [-0.15, -0.1) is 0 Å². The smallest absolute Gasteiger partial charge is 0.315 e. The third kappa shape index (κ3) is 6.49. The Morgan fingerprint density at radius 1 is 1.11 bits per heavy atom. The second-order valence-corrected chi connectivity index (χ2v) is 8.07. The molecule has 28 heavy (non-hydrogen) atoms. The van der Waals surface area contributed by atoms with E-state index in [0.29, 0.717) is 13.1 Å². The number of carbonyl (C=O) groups excluding carboxylic acids is 1. The molecule has 2 amide bonds. The summed E-state index contributed by atoms with van der Waals surface area (Å²) >= 11 is 3.48. The number of amides is 2. The van der Waals surface area contributed by atoms with Crippen molar-refractivity contribution in [3.8, 4) is 0 Å². The van der Waals surface area contributed by atoms with Gasteiger partial charge in [-0.2, -0.15) is 0 Å². The Labute approximate surface area is 175 Å². The number of likely N-dealkylation sites (N-methyl/N-ethyl adjacent to an activating group) is 1. The van der Waals surface area contributed by atoms with Gasteiger partial charge < -0.3 is 20.4 Å². The van der Waals surface area contributed by atoms with Gasteiger partial charge in [0.1, 0.15) is 5.82 Å². The lowest BCUT2D eigenvalue weighted by molar-refractivity contribution is 0.240. The van der Waals surface area contributed by atoms with Gasteiger partial charge in [0, 0.05) is 49.9 Å². The molecule has 0 atom stereocenters. The minimum Gasteiger partial charge on any atom is -0.354 e. The highest BCUT2D eigenvalue weighted by atomic mass is 79.9. The highest BCUT2D eigenvalue weighted by Gasteiger charge is 2.15. The lowest BCUT2D eigenvalue weighted by atomic mass is 10.1. The molecule has 0 saturated carbocycles. The van der Waals surface area contributed by atoms with Crippen LogP contribution in [0.15, 0.2) is 47.1 Å². The third-order valence-corrected chi connectivity index (χ3v) is 5.40. The number of benzene rings is 1. The fourth-order valence-corrected chi connectivity index (χ4v) is 3.66. The van der Waals surface area contributed by atoms with Crippen molar-refractivity contribution in [1.82, 2.24) is 20.5 Å². The summed E-state index contributed by atoms with van der Waals surface area (Å²) in [6, 6.07) is 12.2. The first-order chi connectivity index (χ1) is 13.6. The minimum absolute atomic E-state index is 0.132. The molecule has 1 fully saturated rings. The third-order valence-electron chi connectivity index (χ3n) is 4.91. The number of rotatable bonds is 7. The van der Waals surface area contributed by atoms with Crippen molar-refractivity contribution in [3.63, 3.8) is 0 Å². The predicted octanol–water partition coefficient (Wildman–Crippen LogP) is 3.03. The van der Waals surface area contributed by atoms with E-state index in [9.17, 15) is 4.79 Å². The van der Waals surface area contributed by atoms with E-state index in [1.807, 2.05) is 24.4 Å². The van der Waals surface area contributed by atoms with E-state index in [1.165, 1.54) is 5.56 Å². The number of pyridine rings is 1. The topological polar surface area (TPSA) is 60.5 Å². The molecule has 2 heterocycles. The van der Waals surface area contributed by atoms with Crippen LogP contribution >= 0.6 is 15.9 Å². The lowest BCUT2D eigenvalue weighted by Crippen LogP contribution is -2.44. The molecule has 1 saturated heterocycles. The van der Waals surface area contributed by atoms with Gasteiger partial charge in [0.25, 0.3) is 0 Å². The first-order valence-electron chi connectivity index (χ1n) is 9.75. The fraction of sp³-hybridized carbons (Fsp3) is 0.429. The molecule has 0 unspecified atom stereocenters. The maximum atomic E-state index is 12.0. The zero-order valence-corrected chi connectivity index (χ0v) is 17.9.